The monoisotopic (exact) mass is 317 g/mol. The van der Waals surface area contributed by atoms with Crippen LogP contribution in [0.5, 0.6) is 0 Å². The third-order valence-electron chi connectivity index (χ3n) is 5.04. The predicted octanol–water partition coefficient (Wildman–Crippen LogP) is 2.53. The second-order valence-corrected chi connectivity index (χ2v) is 9.14. The lowest BCUT2D eigenvalue weighted by molar-refractivity contribution is 0.0829. The Kier molecular flexibility index (Phi) is 6.51. The van der Waals surface area contributed by atoms with Crippen molar-refractivity contribution in [1.82, 2.24) is 5.32 Å². The first-order valence-electron chi connectivity index (χ1n) is 8.54. The van der Waals surface area contributed by atoms with Gasteiger partial charge in [0.15, 0.2) is 0 Å². The summed E-state index contributed by atoms with van der Waals surface area (Å²) in [5, 5.41) is 3.53. The van der Waals surface area contributed by atoms with Crippen molar-refractivity contribution < 1.29 is 13.2 Å². The van der Waals surface area contributed by atoms with Gasteiger partial charge in [0.1, 0.15) is 9.84 Å². The molecule has 0 radical (unpaired) electrons. The van der Waals surface area contributed by atoms with E-state index in [1.54, 1.807) is 0 Å². The lowest BCUT2D eigenvalue weighted by Crippen LogP contribution is -2.43. The zero-order chi connectivity index (χ0) is 15.3. The summed E-state index contributed by atoms with van der Waals surface area (Å²) in [6, 6.07) is 0.414. The Bertz CT molecular complexity index is 404. The fourth-order valence-corrected chi connectivity index (χ4v) is 5.01. The van der Waals surface area contributed by atoms with Gasteiger partial charge in [0.25, 0.3) is 0 Å². The minimum absolute atomic E-state index is 0.133. The number of hydrogen-bond acceptors (Lipinski definition) is 4. The quantitative estimate of drug-likeness (QED) is 0.784. The molecule has 0 bridgehead atoms. The Labute approximate surface area is 129 Å². The summed E-state index contributed by atoms with van der Waals surface area (Å²) >= 11 is 0. The fourth-order valence-electron chi connectivity index (χ4n) is 3.82. The Balaban J connectivity index is 1.97. The molecule has 1 aliphatic heterocycles. The van der Waals surface area contributed by atoms with Crippen molar-refractivity contribution in [3.8, 4) is 0 Å². The van der Waals surface area contributed by atoms with Crippen LogP contribution in [0.2, 0.25) is 0 Å². The molecule has 0 aromatic heterocycles. The highest BCUT2D eigenvalue weighted by Crippen LogP contribution is 2.33. The molecule has 0 spiro atoms. The summed E-state index contributed by atoms with van der Waals surface area (Å²) in [7, 11) is -2.90. The van der Waals surface area contributed by atoms with Gasteiger partial charge in [-0.25, -0.2) is 8.42 Å². The maximum Gasteiger partial charge on any atom is 0.150 e. The number of hydrogen-bond donors (Lipinski definition) is 1. The molecule has 0 aromatic carbocycles. The average molecular weight is 317 g/mol. The molecule has 1 N–H and O–H groups in total. The van der Waals surface area contributed by atoms with Crippen LogP contribution in [0.25, 0.3) is 0 Å². The van der Waals surface area contributed by atoms with Gasteiger partial charge in [0.2, 0.25) is 0 Å². The molecule has 21 heavy (non-hydrogen) atoms. The second-order valence-electron chi connectivity index (χ2n) is 6.81. The Hall–Kier alpha value is -0.130. The maximum atomic E-state index is 11.9. The molecule has 5 heteroatoms. The highest BCUT2D eigenvalue weighted by atomic mass is 32.2. The Morgan fingerprint density at radius 3 is 2.67 bits per heavy atom. The molecular weight excluding hydrogens is 286 g/mol. The molecule has 4 unspecified atom stereocenters. The summed E-state index contributed by atoms with van der Waals surface area (Å²) in [5.74, 6) is 0.481. The molecule has 2 fully saturated rings. The number of ether oxygens (including phenoxy) is 1. The number of rotatable bonds is 7. The number of nitrogens with one attached hydrogen (secondary N) is 1. The van der Waals surface area contributed by atoms with Gasteiger partial charge in [-0.2, -0.15) is 0 Å². The van der Waals surface area contributed by atoms with Gasteiger partial charge in [-0.3, -0.25) is 0 Å². The molecule has 1 aliphatic carbocycles. The molecule has 4 atom stereocenters. The van der Waals surface area contributed by atoms with Crippen molar-refractivity contribution in [2.45, 2.75) is 75.7 Å². The van der Waals surface area contributed by atoms with E-state index in [-0.39, 0.29) is 5.25 Å². The molecular formula is C16H31NO3S. The third kappa shape index (κ3) is 5.22. The van der Waals surface area contributed by atoms with E-state index in [4.69, 9.17) is 4.74 Å². The molecule has 1 saturated carbocycles. The van der Waals surface area contributed by atoms with Crippen LogP contribution >= 0.6 is 0 Å². The summed E-state index contributed by atoms with van der Waals surface area (Å²) in [5.41, 5.74) is 0. The van der Waals surface area contributed by atoms with Crippen LogP contribution in [0.1, 0.15) is 58.3 Å². The fraction of sp³-hybridized carbons (Fsp3) is 1.00. The molecule has 1 saturated heterocycles. The largest absolute Gasteiger partial charge is 0.378 e. The van der Waals surface area contributed by atoms with Crippen molar-refractivity contribution in [2.75, 3.05) is 19.4 Å². The zero-order valence-electron chi connectivity index (χ0n) is 13.5. The minimum Gasteiger partial charge on any atom is -0.378 e. The first-order chi connectivity index (χ1) is 10.0. The van der Waals surface area contributed by atoms with Crippen molar-refractivity contribution in [3.63, 3.8) is 0 Å². The Morgan fingerprint density at radius 2 is 2.05 bits per heavy atom. The summed E-state index contributed by atoms with van der Waals surface area (Å²) in [4.78, 5) is 0. The van der Waals surface area contributed by atoms with E-state index >= 15 is 0 Å². The zero-order valence-corrected chi connectivity index (χ0v) is 14.3. The summed E-state index contributed by atoms with van der Waals surface area (Å²) < 4.78 is 29.5. The smallest absolute Gasteiger partial charge is 0.150 e. The van der Waals surface area contributed by atoms with Crippen LogP contribution in [0.4, 0.5) is 0 Å². The molecule has 0 aromatic rings. The molecule has 0 amide bonds. The van der Waals surface area contributed by atoms with E-state index in [9.17, 15) is 8.42 Å². The second kappa shape index (κ2) is 7.93. The van der Waals surface area contributed by atoms with Crippen molar-refractivity contribution in [3.05, 3.63) is 0 Å². The molecule has 2 rings (SSSR count). The van der Waals surface area contributed by atoms with Gasteiger partial charge >= 0.3 is 0 Å². The predicted molar refractivity (Wildman–Crippen MR) is 86.3 cm³/mol. The van der Waals surface area contributed by atoms with E-state index in [1.807, 2.05) is 0 Å². The standard InChI is InChI=1S/C16H31NO3S/c1-3-9-17-16(12-14-7-5-10-20-14)13-6-4-8-15(11-13)21(2,18)19/h13-17H,3-12H2,1-2H3. The lowest BCUT2D eigenvalue weighted by Gasteiger charge is -2.35. The third-order valence-corrected chi connectivity index (χ3v) is 6.68. The lowest BCUT2D eigenvalue weighted by atomic mass is 9.81. The minimum atomic E-state index is -2.90. The topological polar surface area (TPSA) is 55.4 Å². The maximum absolute atomic E-state index is 11.9. The highest BCUT2D eigenvalue weighted by molar-refractivity contribution is 7.91. The first kappa shape index (κ1) is 17.2. The van der Waals surface area contributed by atoms with Gasteiger partial charge in [0.05, 0.1) is 11.4 Å². The molecule has 124 valence electrons. The van der Waals surface area contributed by atoms with Gasteiger partial charge in [0, 0.05) is 18.9 Å². The van der Waals surface area contributed by atoms with Crippen molar-refractivity contribution in [1.29, 1.82) is 0 Å². The summed E-state index contributed by atoms with van der Waals surface area (Å²) in [6.07, 6.45) is 10.1. The first-order valence-corrected chi connectivity index (χ1v) is 10.5. The van der Waals surface area contributed by atoms with E-state index < -0.39 is 9.84 Å². The van der Waals surface area contributed by atoms with Crippen LogP contribution in [-0.4, -0.2) is 45.2 Å². The van der Waals surface area contributed by atoms with Crippen LogP contribution in [-0.2, 0) is 14.6 Å². The van der Waals surface area contributed by atoms with E-state index in [0.29, 0.717) is 18.1 Å². The van der Waals surface area contributed by atoms with Gasteiger partial charge < -0.3 is 10.1 Å². The molecule has 4 nitrogen and oxygen atoms in total. The van der Waals surface area contributed by atoms with Crippen molar-refractivity contribution in [2.24, 2.45) is 5.92 Å². The average Bonchev–Trinajstić information content (AvgIpc) is 2.95. The van der Waals surface area contributed by atoms with Gasteiger partial charge in [-0.05, 0) is 57.4 Å². The van der Waals surface area contributed by atoms with Crippen LogP contribution in [0.3, 0.4) is 0 Å². The van der Waals surface area contributed by atoms with Crippen LogP contribution in [0, 0.1) is 5.92 Å². The molecule has 2 aliphatic rings. The normalized spacial score (nSPS) is 32.2. The summed E-state index contributed by atoms with van der Waals surface area (Å²) in [6.45, 7) is 4.08. The van der Waals surface area contributed by atoms with E-state index in [1.165, 1.54) is 12.7 Å². The Morgan fingerprint density at radius 1 is 1.24 bits per heavy atom. The van der Waals surface area contributed by atoms with Gasteiger partial charge in [-0.15, -0.1) is 0 Å². The highest BCUT2D eigenvalue weighted by Gasteiger charge is 2.34. The van der Waals surface area contributed by atoms with Gasteiger partial charge in [-0.1, -0.05) is 13.3 Å². The number of sulfone groups is 1. The van der Waals surface area contributed by atoms with Crippen molar-refractivity contribution >= 4 is 9.84 Å². The van der Waals surface area contributed by atoms with Crippen LogP contribution < -0.4 is 5.32 Å². The van der Waals surface area contributed by atoms with E-state index in [0.717, 1.165) is 58.1 Å². The van der Waals surface area contributed by atoms with Crippen LogP contribution in [0.15, 0.2) is 0 Å². The SMILES string of the molecule is CCCNC(CC1CCCO1)C1CCCC(S(C)(=O)=O)C1. The van der Waals surface area contributed by atoms with E-state index in [2.05, 4.69) is 12.2 Å². The molecule has 1 heterocycles.